The molecule has 2 amide bonds. The molecule has 0 aliphatic heterocycles. The third kappa shape index (κ3) is 7.42. The van der Waals surface area contributed by atoms with Crippen LogP contribution in [0.2, 0.25) is 10.0 Å². The average molecular weight is 479 g/mol. The van der Waals surface area contributed by atoms with E-state index in [0.717, 1.165) is 16.7 Å². The lowest BCUT2D eigenvalue weighted by atomic mass is 10.1. The fourth-order valence-electron chi connectivity index (χ4n) is 3.24. The first-order valence-electron chi connectivity index (χ1n) is 10.7. The third-order valence-corrected chi connectivity index (χ3v) is 5.80. The molecule has 0 fully saturated rings. The van der Waals surface area contributed by atoms with Crippen LogP contribution >= 0.6 is 23.2 Å². The minimum absolute atomic E-state index is 0.177. The largest absolute Gasteiger partial charge is 0.484 e. The average Bonchev–Trinajstić information content (AvgIpc) is 2.69. The van der Waals surface area contributed by atoms with Crippen LogP contribution in [0.1, 0.15) is 50.8 Å². The van der Waals surface area contributed by atoms with Gasteiger partial charge in [-0.15, -0.1) is 0 Å². The molecule has 0 aromatic heterocycles. The standard InChI is InChI=1S/C25H32Cl2N2O3/c1-7-22(24(31)28-25(4,5)6)29(14-18-9-11-20(26)21(27)13-18)23(30)15-32-19-10-8-16(2)17(3)12-19/h8-13,22H,7,14-15H2,1-6H3,(H,28,31). The van der Waals surface area contributed by atoms with E-state index in [-0.39, 0.29) is 25.0 Å². The zero-order valence-electron chi connectivity index (χ0n) is 19.6. The van der Waals surface area contributed by atoms with Crippen molar-refractivity contribution in [1.82, 2.24) is 10.2 Å². The molecule has 2 aromatic rings. The van der Waals surface area contributed by atoms with Crippen LogP contribution in [0.25, 0.3) is 0 Å². The second kappa shape index (κ2) is 11.1. The first-order valence-corrected chi connectivity index (χ1v) is 11.4. The molecule has 0 saturated carbocycles. The Balaban J connectivity index is 2.27. The van der Waals surface area contributed by atoms with Gasteiger partial charge in [-0.25, -0.2) is 0 Å². The van der Waals surface area contributed by atoms with Crippen molar-refractivity contribution in [2.24, 2.45) is 0 Å². The Bertz CT molecular complexity index is 970. The van der Waals surface area contributed by atoms with Crippen molar-refractivity contribution in [2.45, 2.75) is 66.1 Å². The number of carbonyl (C=O) groups excluding carboxylic acids is 2. The zero-order valence-corrected chi connectivity index (χ0v) is 21.1. The number of halogens is 2. The third-order valence-electron chi connectivity index (χ3n) is 5.06. The molecule has 5 nitrogen and oxygen atoms in total. The normalized spacial score (nSPS) is 12.2. The smallest absolute Gasteiger partial charge is 0.261 e. The summed E-state index contributed by atoms with van der Waals surface area (Å²) in [6.45, 7) is 11.6. The van der Waals surface area contributed by atoms with E-state index in [0.29, 0.717) is 22.2 Å². The van der Waals surface area contributed by atoms with Crippen molar-refractivity contribution in [2.75, 3.05) is 6.61 Å². The summed E-state index contributed by atoms with van der Waals surface area (Å²) in [7, 11) is 0. The molecule has 1 atom stereocenters. The molecule has 2 rings (SSSR count). The molecule has 174 valence electrons. The highest BCUT2D eigenvalue weighted by molar-refractivity contribution is 6.42. The van der Waals surface area contributed by atoms with Crippen molar-refractivity contribution in [3.8, 4) is 5.75 Å². The number of aryl methyl sites for hydroxylation is 2. The molecule has 7 heteroatoms. The number of nitrogens with one attached hydrogen (secondary N) is 1. The SMILES string of the molecule is CCC(C(=O)NC(C)(C)C)N(Cc1ccc(Cl)c(Cl)c1)C(=O)COc1ccc(C)c(C)c1. The van der Waals surface area contributed by atoms with E-state index in [4.69, 9.17) is 27.9 Å². The zero-order chi connectivity index (χ0) is 24.1. The van der Waals surface area contributed by atoms with Gasteiger partial charge in [-0.2, -0.15) is 0 Å². The summed E-state index contributed by atoms with van der Waals surface area (Å²) in [4.78, 5) is 27.8. The van der Waals surface area contributed by atoms with Crippen molar-refractivity contribution in [3.63, 3.8) is 0 Å². The van der Waals surface area contributed by atoms with Gasteiger partial charge in [0.15, 0.2) is 6.61 Å². The maximum atomic E-state index is 13.3. The van der Waals surface area contributed by atoms with Gasteiger partial charge in [0.05, 0.1) is 10.0 Å². The van der Waals surface area contributed by atoms with Gasteiger partial charge in [0.1, 0.15) is 11.8 Å². The summed E-state index contributed by atoms with van der Waals surface area (Å²) in [6, 6.07) is 10.2. The maximum absolute atomic E-state index is 13.3. The van der Waals surface area contributed by atoms with Crippen LogP contribution in [0, 0.1) is 13.8 Å². The number of amides is 2. The van der Waals surface area contributed by atoms with Crippen LogP contribution in [-0.2, 0) is 16.1 Å². The van der Waals surface area contributed by atoms with Crippen LogP contribution in [0.5, 0.6) is 5.75 Å². The van der Waals surface area contributed by atoms with Crippen molar-refractivity contribution in [3.05, 3.63) is 63.1 Å². The number of hydrogen-bond donors (Lipinski definition) is 1. The number of carbonyl (C=O) groups is 2. The molecule has 2 aromatic carbocycles. The molecule has 0 spiro atoms. The number of benzene rings is 2. The minimum Gasteiger partial charge on any atom is -0.484 e. The van der Waals surface area contributed by atoms with Crippen LogP contribution < -0.4 is 10.1 Å². The second-order valence-electron chi connectivity index (χ2n) is 8.97. The molecule has 0 heterocycles. The molecule has 0 radical (unpaired) electrons. The molecular weight excluding hydrogens is 447 g/mol. The van der Waals surface area contributed by atoms with Crippen LogP contribution in [0.3, 0.4) is 0 Å². The number of nitrogens with zero attached hydrogens (tertiary/aromatic N) is 1. The fraction of sp³-hybridized carbons (Fsp3) is 0.440. The lowest BCUT2D eigenvalue weighted by Gasteiger charge is -2.33. The Morgan fingerprint density at radius 2 is 1.72 bits per heavy atom. The summed E-state index contributed by atoms with van der Waals surface area (Å²) >= 11 is 12.2. The highest BCUT2D eigenvalue weighted by Gasteiger charge is 2.31. The Hall–Kier alpha value is -2.24. The molecule has 0 bridgehead atoms. The van der Waals surface area contributed by atoms with Gasteiger partial charge >= 0.3 is 0 Å². The Morgan fingerprint density at radius 1 is 1.03 bits per heavy atom. The molecular formula is C25H32Cl2N2O3. The summed E-state index contributed by atoms with van der Waals surface area (Å²) in [5, 5.41) is 3.81. The molecule has 32 heavy (non-hydrogen) atoms. The van der Waals surface area contributed by atoms with Crippen LogP contribution in [0.4, 0.5) is 0 Å². The minimum atomic E-state index is -0.653. The fourth-order valence-corrected chi connectivity index (χ4v) is 3.56. The topological polar surface area (TPSA) is 58.6 Å². The van der Waals surface area contributed by atoms with E-state index in [1.807, 2.05) is 59.7 Å². The highest BCUT2D eigenvalue weighted by atomic mass is 35.5. The van der Waals surface area contributed by atoms with Crippen molar-refractivity contribution < 1.29 is 14.3 Å². The maximum Gasteiger partial charge on any atom is 0.261 e. The predicted octanol–water partition coefficient (Wildman–Crippen LogP) is 5.71. The first-order chi connectivity index (χ1) is 14.9. The lowest BCUT2D eigenvalue weighted by molar-refractivity contribution is -0.143. The van der Waals surface area contributed by atoms with E-state index >= 15 is 0 Å². The number of rotatable bonds is 8. The van der Waals surface area contributed by atoms with E-state index in [2.05, 4.69) is 5.32 Å². The van der Waals surface area contributed by atoms with Gasteiger partial charge in [-0.1, -0.05) is 42.3 Å². The highest BCUT2D eigenvalue weighted by Crippen LogP contribution is 2.24. The second-order valence-corrected chi connectivity index (χ2v) is 9.78. The molecule has 1 N–H and O–H groups in total. The summed E-state index contributed by atoms with van der Waals surface area (Å²) in [5.41, 5.74) is 2.59. The monoisotopic (exact) mass is 478 g/mol. The quantitative estimate of drug-likeness (QED) is 0.528. The first kappa shape index (κ1) is 26.0. The molecule has 0 aliphatic rings. The van der Waals surface area contributed by atoms with Crippen molar-refractivity contribution in [1.29, 1.82) is 0 Å². The molecule has 0 aliphatic carbocycles. The predicted molar refractivity (Wildman–Crippen MR) is 130 cm³/mol. The summed E-state index contributed by atoms with van der Waals surface area (Å²) < 4.78 is 5.77. The summed E-state index contributed by atoms with van der Waals surface area (Å²) in [5.74, 6) is 0.118. The van der Waals surface area contributed by atoms with Gasteiger partial charge in [0.2, 0.25) is 5.91 Å². The Morgan fingerprint density at radius 3 is 2.28 bits per heavy atom. The van der Waals surface area contributed by atoms with E-state index in [9.17, 15) is 9.59 Å². The summed E-state index contributed by atoms with van der Waals surface area (Å²) in [6.07, 6.45) is 0.457. The lowest BCUT2D eigenvalue weighted by Crippen LogP contribution is -2.54. The van der Waals surface area contributed by atoms with Gasteiger partial charge in [-0.3, -0.25) is 9.59 Å². The van der Waals surface area contributed by atoms with Crippen LogP contribution in [0.15, 0.2) is 36.4 Å². The molecule has 1 unspecified atom stereocenters. The Labute approximate surface area is 201 Å². The Kier molecular flexibility index (Phi) is 8.99. The van der Waals surface area contributed by atoms with Gasteiger partial charge in [0, 0.05) is 12.1 Å². The van der Waals surface area contributed by atoms with E-state index in [1.54, 1.807) is 23.1 Å². The van der Waals surface area contributed by atoms with E-state index < -0.39 is 11.6 Å². The van der Waals surface area contributed by atoms with Gasteiger partial charge in [-0.05, 0) is 82.0 Å². The number of hydrogen-bond acceptors (Lipinski definition) is 3. The van der Waals surface area contributed by atoms with E-state index in [1.165, 1.54) is 0 Å². The number of ether oxygens (including phenoxy) is 1. The van der Waals surface area contributed by atoms with Crippen molar-refractivity contribution >= 4 is 35.0 Å². The van der Waals surface area contributed by atoms with Gasteiger partial charge < -0.3 is 15.0 Å². The van der Waals surface area contributed by atoms with Crippen LogP contribution in [-0.4, -0.2) is 34.9 Å². The van der Waals surface area contributed by atoms with Gasteiger partial charge in [0.25, 0.3) is 5.91 Å². The molecule has 0 saturated heterocycles.